The molecule has 13 heavy (non-hydrogen) atoms. The van der Waals surface area contributed by atoms with Crippen LogP contribution >= 0.6 is 23.1 Å². The number of nitrogens with zero attached hydrogens (tertiary/aromatic N) is 1. The average molecular weight is 216 g/mol. The van der Waals surface area contributed by atoms with Crippen LogP contribution in [0.5, 0.6) is 0 Å². The first-order valence-electron chi connectivity index (χ1n) is 4.22. The van der Waals surface area contributed by atoms with Crippen LogP contribution in [0.2, 0.25) is 0 Å². The van der Waals surface area contributed by atoms with E-state index in [2.05, 4.69) is 16.6 Å². The Balaban J connectivity index is 2.59. The molecule has 0 aromatic carbocycles. The van der Waals surface area contributed by atoms with Crippen LogP contribution in [-0.2, 0) is 12.2 Å². The van der Waals surface area contributed by atoms with Crippen LogP contribution in [0.25, 0.3) is 0 Å². The van der Waals surface area contributed by atoms with Gasteiger partial charge < -0.3 is 5.73 Å². The van der Waals surface area contributed by atoms with E-state index in [4.69, 9.17) is 5.73 Å². The smallest absolute Gasteiger partial charge is 0.103 e. The van der Waals surface area contributed by atoms with Crippen molar-refractivity contribution in [3.8, 4) is 0 Å². The van der Waals surface area contributed by atoms with E-state index in [9.17, 15) is 0 Å². The monoisotopic (exact) mass is 216 g/mol. The van der Waals surface area contributed by atoms with Gasteiger partial charge in [0.25, 0.3) is 0 Å². The normalized spacial score (nSPS) is 12.0. The van der Waals surface area contributed by atoms with Crippen LogP contribution in [0, 0.1) is 0 Å². The molecule has 74 valence electrons. The number of rotatable bonds is 4. The second-order valence-corrected chi connectivity index (χ2v) is 5.64. The topological polar surface area (TPSA) is 38.9 Å². The fourth-order valence-electron chi connectivity index (χ4n) is 1.09. The number of hydrogen-bond donors (Lipinski definition) is 1. The molecule has 2 nitrogen and oxygen atoms in total. The third kappa shape index (κ3) is 4.11. The Morgan fingerprint density at radius 3 is 2.85 bits per heavy atom. The summed E-state index contributed by atoms with van der Waals surface area (Å²) in [5, 5.41) is 3.31. The fourth-order valence-corrected chi connectivity index (χ4v) is 2.60. The van der Waals surface area contributed by atoms with E-state index >= 15 is 0 Å². The Labute approximate surface area is 87.9 Å². The van der Waals surface area contributed by atoms with E-state index in [1.54, 1.807) is 23.1 Å². The molecule has 1 rings (SSSR count). The summed E-state index contributed by atoms with van der Waals surface area (Å²) in [5.74, 6) is 1.01. The van der Waals surface area contributed by atoms with Gasteiger partial charge in [-0.25, -0.2) is 4.98 Å². The lowest BCUT2D eigenvalue weighted by Gasteiger charge is -2.15. The van der Waals surface area contributed by atoms with Gasteiger partial charge in [0.15, 0.2) is 0 Å². The highest BCUT2D eigenvalue weighted by Gasteiger charge is 2.13. The molecule has 0 spiro atoms. The van der Waals surface area contributed by atoms with E-state index in [-0.39, 0.29) is 5.54 Å². The van der Waals surface area contributed by atoms with Gasteiger partial charge in [0.2, 0.25) is 0 Å². The average Bonchev–Trinajstić information content (AvgIpc) is 2.33. The Hall–Kier alpha value is -0.0600. The van der Waals surface area contributed by atoms with E-state index in [1.807, 2.05) is 13.8 Å². The van der Waals surface area contributed by atoms with Gasteiger partial charge >= 0.3 is 0 Å². The van der Waals surface area contributed by atoms with Gasteiger partial charge in [0, 0.05) is 23.1 Å². The largest absolute Gasteiger partial charge is 0.325 e. The molecular weight excluding hydrogens is 200 g/mol. The zero-order valence-electron chi connectivity index (χ0n) is 8.33. The van der Waals surface area contributed by atoms with E-state index < -0.39 is 0 Å². The van der Waals surface area contributed by atoms with Crippen LogP contribution in [0.3, 0.4) is 0 Å². The van der Waals surface area contributed by atoms with Gasteiger partial charge in [-0.1, -0.05) is 0 Å². The Kier molecular flexibility index (Phi) is 3.76. The molecule has 0 radical (unpaired) electrons. The Bertz CT molecular complexity index is 263. The van der Waals surface area contributed by atoms with Crippen molar-refractivity contribution < 1.29 is 0 Å². The third-order valence-corrected chi connectivity index (χ3v) is 3.15. The summed E-state index contributed by atoms with van der Waals surface area (Å²) in [7, 11) is 0. The lowest BCUT2D eigenvalue weighted by Crippen LogP contribution is -2.34. The molecule has 0 aliphatic heterocycles. The summed E-state index contributed by atoms with van der Waals surface area (Å²) in [6.45, 7) is 4.06. The number of aromatic nitrogens is 1. The second-order valence-electron chi connectivity index (χ2n) is 3.83. The molecule has 0 saturated carbocycles. The number of thiazole rings is 1. The molecule has 0 fully saturated rings. The lowest BCUT2D eigenvalue weighted by atomic mass is 10.0. The summed E-state index contributed by atoms with van der Waals surface area (Å²) in [6.07, 6.45) is 2.95. The first kappa shape index (κ1) is 11.0. The third-order valence-electron chi connectivity index (χ3n) is 1.50. The summed E-state index contributed by atoms with van der Waals surface area (Å²) >= 11 is 3.53. The number of thioether (sulfide) groups is 1. The molecule has 0 atom stereocenters. The van der Waals surface area contributed by atoms with Crippen molar-refractivity contribution >= 4 is 23.1 Å². The molecule has 4 heteroatoms. The first-order chi connectivity index (χ1) is 6.01. The summed E-state index contributed by atoms with van der Waals surface area (Å²) < 4.78 is 0. The summed E-state index contributed by atoms with van der Waals surface area (Å²) in [6, 6.07) is 0. The zero-order chi connectivity index (χ0) is 9.90. The maximum absolute atomic E-state index is 5.91. The minimum atomic E-state index is -0.148. The van der Waals surface area contributed by atoms with Crippen molar-refractivity contribution in [3.05, 3.63) is 16.1 Å². The maximum atomic E-state index is 5.91. The quantitative estimate of drug-likeness (QED) is 0.839. The van der Waals surface area contributed by atoms with E-state index in [1.165, 1.54) is 5.01 Å². The van der Waals surface area contributed by atoms with Gasteiger partial charge in [-0.3, -0.25) is 0 Å². The fraction of sp³-hybridized carbons (Fsp3) is 0.667. The summed E-state index contributed by atoms with van der Waals surface area (Å²) in [5.41, 5.74) is 6.89. The van der Waals surface area contributed by atoms with Crippen molar-refractivity contribution in [1.82, 2.24) is 4.98 Å². The molecule has 0 amide bonds. The summed E-state index contributed by atoms with van der Waals surface area (Å²) in [4.78, 5) is 4.50. The van der Waals surface area contributed by atoms with Crippen LogP contribution in [0.15, 0.2) is 5.38 Å². The van der Waals surface area contributed by atoms with Crippen molar-refractivity contribution in [2.45, 2.75) is 31.6 Å². The van der Waals surface area contributed by atoms with Gasteiger partial charge in [-0.05, 0) is 20.1 Å². The Morgan fingerprint density at radius 1 is 1.62 bits per heavy atom. The van der Waals surface area contributed by atoms with Gasteiger partial charge in [-0.2, -0.15) is 11.8 Å². The molecule has 1 aromatic heterocycles. The molecule has 0 aliphatic carbocycles. The van der Waals surface area contributed by atoms with Crippen molar-refractivity contribution in [1.29, 1.82) is 0 Å². The standard InChI is InChI=1S/C9H16N2S2/c1-9(2,10)4-7-5-13-8(11-7)6-12-3/h5H,4,6,10H2,1-3H3. The highest BCUT2D eigenvalue weighted by Crippen LogP contribution is 2.17. The SMILES string of the molecule is CSCc1nc(CC(C)(C)N)cs1. The van der Waals surface area contributed by atoms with Crippen LogP contribution in [0.1, 0.15) is 24.5 Å². The predicted molar refractivity (Wildman–Crippen MR) is 61.3 cm³/mol. The van der Waals surface area contributed by atoms with E-state index in [0.717, 1.165) is 17.9 Å². The van der Waals surface area contributed by atoms with Gasteiger partial charge in [0.1, 0.15) is 5.01 Å². The molecule has 1 heterocycles. The minimum Gasteiger partial charge on any atom is -0.325 e. The zero-order valence-corrected chi connectivity index (χ0v) is 9.97. The lowest BCUT2D eigenvalue weighted by molar-refractivity contribution is 0.511. The Morgan fingerprint density at radius 2 is 2.31 bits per heavy atom. The highest BCUT2D eigenvalue weighted by molar-refractivity contribution is 7.97. The molecule has 1 aromatic rings. The highest BCUT2D eigenvalue weighted by atomic mass is 32.2. The molecular formula is C9H16N2S2. The number of hydrogen-bond acceptors (Lipinski definition) is 4. The van der Waals surface area contributed by atoms with Crippen LogP contribution < -0.4 is 5.73 Å². The molecule has 0 bridgehead atoms. The predicted octanol–water partition coefficient (Wildman–Crippen LogP) is 2.29. The number of nitrogens with two attached hydrogens (primary N) is 1. The molecule has 0 aliphatic rings. The van der Waals surface area contributed by atoms with Gasteiger partial charge in [0.05, 0.1) is 5.69 Å². The first-order valence-corrected chi connectivity index (χ1v) is 6.50. The van der Waals surface area contributed by atoms with Crippen LogP contribution in [-0.4, -0.2) is 16.8 Å². The minimum absolute atomic E-state index is 0.148. The van der Waals surface area contributed by atoms with Gasteiger partial charge in [-0.15, -0.1) is 11.3 Å². The van der Waals surface area contributed by atoms with Crippen molar-refractivity contribution in [3.63, 3.8) is 0 Å². The van der Waals surface area contributed by atoms with Crippen molar-refractivity contribution in [2.24, 2.45) is 5.73 Å². The molecule has 0 unspecified atom stereocenters. The second kappa shape index (κ2) is 4.44. The van der Waals surface area contributed by atoms with Crippen molar-refractivity contribution in [2.75, 3.05) is 6.26 Å². The van der Waals surface area contributed by atoms with E-state index in [0.29, 0.717) is 0 Å². The van der Waals surface area contributed by atoms with Crippen LogP contribution in [0.4, 0.5) is 0 Å². The molecule has 2 N–H and O–H groups in total. The maximum Gasteiger partial charge on any atom is 0.103 e. The molecule has 0 saturated heterocycles.